The number of amides is 1. The molecule has 126 valence electrons. The Morgan fingerprint density at radius 1 is 1.17 bits per heavy atom. The fourth-order valence-corrected chi connectivity index (χ4v) is 3.64. The summed E-state index contributed by atoms with van der Waals surface area (Å²) in [4.78, 5) is 11.5. The molecule has 0 bridgehead atoms. The van der Waals surface area contributed by atoms with Crippen LogP contribution in [0, 0.1) is 0 Å². The Hall–Kier alpha value is -2.38. The first-order chi connectivity index (χ1) is 11.5. The van der Waals surface area contributed by atoms with Crippen molar-refractivity contribution in [3.8, 4) is 5.75 Å². The zero-order chi connectivity index (χ0) is 17.2. The molecule has 1 aliphatic rings. The molecule has 0 unspecified atom stereocenters. The number of carbonyl (C=O) groups excluding carboxylic acids is 1. The number of sulfonamides is 1. The van der Waals surface area contributed by atoms with E-state index in [-0.39, 0.29) is 17.3 Å². The summed E-state index contributed by atoms with van der Waals surface area (Å²) in [6.45, 7) is 0.286. The van der Waals surface area contributed by atoms with Crippen LogP contribution in [-0.2, 0) is 27.7 Å². The number of rotatable bonds is 6. The number of ether oxygens (including phenoxy) is 1. The molecule has 0 aliphatic carbocycles. The van der Waals surface area contributed by atoms with Crippen LogP contribution in [-0.4, -0.2) is 28.0 Å². The van der Waals surface area contributed by atoms with Crippen LogP contribution in [0.1, 0.15) is 11.1 Å². The summed E-state index contributed by atoms with van der Waals surface area (Å²) in [6, 6.07) is 11.9. The number of methoxy groups -OCH3 is 1. The van der Waals surface area contributed by atoms with Crippen molar-refractivity contribution in [2.45, 2.75) is 17.7 Å². The molecule has 1 amide bonds. The molecule has 0 radical (unpaired) electrons. The first-order valence-corrected chi connectivity index (χ1v) is 9.01. The number of hydrogen-bond acceptors (Lipinski definition) is 4. The van der Waals surface area contributed by atoms with Gasteiger partial charge in [-0.25, -0.2) is 13.1 Å². The summed E-state index contributed by atoms with van der Waals surface area (Å²) < 4.78 is 32.1. The first-order valence-electron chi connectivity index (χ1n) is 7.53. The van der Waals surface area contributed by atoms with Gasteiger partial charge in [0.25, 0.3) is 0 Å². The molecule has 0 fully saturated rings. The molecule has 2 N–H and O–H groups in total. The normalized spacial score (nSPS) is 13.5. The Morgan fingerprint density at radius 3 is 2.62 bits per heavy atom. The van der Waals surface area contributed by atoms with E-state index in [9.17, 15) is 13.2 Å². The average molecular weight is 346 g/mol. The monoisotopic (exact) mass is 346 g/mol. The highest BCUT2D eigenvalue weighted by molar-refractivity contribution is 7.89. The van der Waals surface area contributed by atoms with Gasteiger partial charge < -0.3 is 10.1 Å². The topological polar surface area (TPSA) is 84.5 Å². The quantitative estimate of drug-likeness (QED) is 0.834. The van der Waals surface area contributed by atoms with Gasteiger partial charge in [0, 0.05) is 12.2 Å². The van der Waals surface area contributed by atoms with Crippen LogP contribution >= 0.6 is 0 Å². The maximum absolute atomic E-state index is 12.2. The molecule has 2 aromatic carbocycles. The lowest BCUT2D eigenvalue weighted by atomic mass is 10.1. The number of anilines is 1. The van der Waals surface area contributed by atoms with E-state index in [1.165, 1.54) is 19.2 Å². The fourth-order valence-electron chi connectivity index (χ4n) is 2.61. The van der Waals surface area contributed by atoms with E-state index in [0.717, 1.165) is 16.8 Å². The third-order valence-electron chi connectivity index (χ3n) is 3.87. The lowest BCUT2D eigenvalue weighted by molar-refractivity contribution is -0.115. The van der Waals surface area contributed by atoms with Gasteiger partial charge in [-0.3, -0.25) is 4.79 Å². The highest BCUT2D eigenvalue weighted by Gasteiger charge is 2.18. The minimum atomic E-state index is -3.55. The van der Waals surface area contributed by atoms with Crippen molar-refractivity contribution >= 4 is 21.6 Å². The highest BCUT2D eigenvalue weighted by Crippen LogP contribution is 2.24. The van der Waals surface area contributed by atoms with Crippen molar-refractivity contribution in [1.82, 2.24) is 4.72 Å². The molecular formula is C17H18N2O4S. The average Bonchev–Trinajstić information content (AvgIpc) is 2.94. The van der Waals surface area contributed by atoms with Gasteiger partial charge in [0.15, 0.2) is 0 Å². The molecule has 0 saturated heterocycles. The molecule has 0 spiro atoms. The zero-order valence-corrected chi connectivity index (χ0v) is 14.0. The van der Waals surface area contributed by atoms with Gasteiger partial charge >= 0.3 is 0 Å². The van der Waals surface area contributed by atoms with E-state index < -0.39 is 10.0 Å². The Labute approximate surface area is 140 Å². The van der Waals surface area contributed by atoms with Crippen LogP contribution in [0.25, 0.3) is 0 Å². The summed E-state index contributed by atoms with van der Waals surface area (Å²) in [6.07, 6.45) is 0.928. The second kappa shape index (κ2) is 6.62. The van der Waals surface area contributed by atoms with Gasteiger partial charge in [0.1, 0.15) is 5.75 Å². The molecule has 1 aliphatic heterocycles. The fraction of sp³-hybridized carbons (Fsp3) is 0.235. The van der Waals surface area contributed by atoms with E-state index in [4.69, 9.17) is 4.74 Å². The van der Waals surface area contributed by atoms with Gasteiger partial charge in [-0.05, 0) is 47.9 Å². The van der Waals surface area contributed by atoms with Crippen LogP contribution in [0.5, 0.6) is 5.75 Å². The van der Waals surface area contributed by atoms with Crippen LogP contribution in [0.2, 0.25) is 0 Å². The van der Waals surface area contributed by atoms with Crippen LogP contribution in [0.15, 0.2) is 47.4 Å². The molecule has 3 rings (SSSR count). The Morgan fingerprint density at radius 2 is 1.92 bits per heavy atom. The van der Waals surface area contributed by atoms with Crippen molar-refractivity contribution < 1.29 is 17.9 Å². The number of fused-ring (bicyclic) bond motifs is 1. The molecule has 24 heavy (non-hydrogen) atoms. The third kappa shape index (κ3) is 3.58. The van der Waals surface area contributed by atoms with Crippen molar-refractivity contribution in [2.75, 3.05) is 19.0 Å². The van der Waals surface area contributed by atoms with Gasteiger partial charge in [-0.1, -0.05) is 12.1 Å². The largest absolute Gasteiger partial charge is 0.497 e. The number of hydrogen-bond donors (Lipinski definition) is 2. The van der Waals surface area contributed by atoms with Gasteiger partial charge in [0.2, 0.25) is 15.9 Å². The maximum Gasteiger partial charge on any atom is 0.240 e. The molecule has 0 saturated carbocycles. The number of nitrogens with one attached hydrogen (secondary N) is 2. The Bertz CT molecular complexity index is 861. The summed E-state index contributed by atoms with van der Waals surface area (Å²) >= 11 is 0. The number of carbonyl (C=O) groups is 1. The summed E-state index contributed by atoms with van der Waals surface area (Å²) in [5.41, 5.74) is 2.78. The molecule has 6 nitrogen and oxygen atoms in total. The molecule has 1 heterocycles. The van der Waals surface area contributed by atoms with E-state index in [2.05, 4.69) is 10.0 Å². The van der Waals surface area contributed by atoms with Gasteiger partial charge in [-0.2, -0.15) is 0 Å². The predicted octanol–water partition coefficient (Wildman–Crippen LogP) is 1.71. The second-order valence-corrected chi connectivity index (χ2v) is 7.31. The van der Waals surface area contributed by atoms with Crippen LogP contribution < -0.4 is 14.8 Å². The minimum absolute atomic E-state index is 0.0117. The second-order valence-electron chi connectivity index (χ2n) is 5.54. The van der Waals surface area contributed by atoms with Crippen molar-refractivity contribution in [1.29, 1.82) is 0 Å². The lowest BCUT2D eigenvalue weighted by Crippen LogP contribution is -2.26. The van der Waals surface area contributed by atoms with Crippen molar-refractivity contribution in [3.05, 3.63) is 53.6 Å². The van der Waals surface area contributed by atoms with Crippen LogP contribution in [0.3, 0.4) is 0 Å². The van der Waals surface area contributed by atoms with Crippen molar-refractivity contribution in [3.63, 3.8) is 0 Å². The zero-order valence-electron chi connectivity index (χ0n) is 13.2. The summed E-state index contributed by atoms with van der Waals surface area (Å²) in [7, 11) is -2.02. The Balaban J connectivity index is 1.61. The van der Waals surface area contributed by atoms with Gasteiger partial charge in [-0.15, -0.1) is 0 Å². The molecular weight excluding hydrogens is 328 g/mol. The third-order valence-corrected chi connectivity index (χ3v) is 5.35. The van der Waals surface area contributed by atoms with E-state index in [0.29, 0.717) is 18.6 Å². The lowest BCUT2D eigenvalue weighted by Gasteiger charge is -2.08. The summed E-state index contributed by atoms with van der Waals surface area (Å²) in [5.74, 6) is 0.595. The molecule has 7 heteroatoms. The smallest absolute Gasteiger partial charge is 0.240 e. The molecule has 0 aromatic heterocycles. The maximum atomic E-state index is 12.2. The highest BCUT2D eigenvalue weighted by atomic mass is 32.2. The van der Waals surface area contributed by atoms with E-state index >= 15 is 0 Å². The van der Waals surface area contributed by atoms with E-state index in [1.807, 2.05) is 18.2 Å². The Kier molecular flexibility index (Phi) is 4.55. The van der Waals surface area contributed by atoms with Crippen LogP contribution in [0.4, 0.5) is 5.69 Å². The summed E-state index contributed by atoms with van der Waals surface area (Å²) in [5, 5.41) is 2.78. The SMILES string of the molecule is COc1ccc(S(=O)(=O)NCCc2ccc3c(c2)CC(=O)N3)cc1. The van der Waals surface area contributed by atoms with Crippen molar-refractivity contribution in [2.24, 2.45) is 0 Å². The number of benzene rings is 2. The van der Waals surface area contributed by atoms with E-state index in [1.54, 1.807) is 12.1 Å². The minimum Gasteiger partial charge on any atom is -0.497 e. The first kappa shape index (κ1) is 16.5. The molecule has 0 atom stereocenters. The molecule has 2 aromatic rings. The van der Waals surface area contributed by atoms with Gasteiger partial charge in [0.05, 0.1) is 18.4 Å². The predicted molar refractivity (Wildman–Crippen MR) is 90.7 cm³/mol. The standard InChI is InChI=1S/C17H18N2O4S/c1-23-14-3-5-15(6-4-14)24(21,22)18-9-8-12-2-7-16-13(10-12)11-17(20)19-16/h2-7,10,18H,8-9,11H2,1H3,(H,19,20).